The quantitative estimate of drug-likeness (QED) is 0.680. The number of amides is 2. The summed E-state index contributed by atoms with van der Waals surface area (Å²) in [5.41, 5.74) is 2.13. The maximum absolute atomic E-state index is 12.3. The van der Waals surface area contributed by atoms with Crippen molar-refractivity contribution in [2.45, 2.75) is 45.1 Å². The molecule has 2 amide bonds. The molecule has 0 saturated carbocycles. The van der Waals surface area contributed by atoms with Crippen molar-refractivity contribution < 1.29 is 9.59 Å². The van der Waals surface area contributed by atoms with Gasteiger partial charge >= 0.3 is 0 Å². The summed E-state index contributed by atoms with van der Waals surface area (Å²) in [6.45, 7) is 2.60. The van der Waals surface area contributed by atoms with Gasteiger partial charge in [-0.25, -0.2) is 0 Å². The third-order valence-electron chi connectivity index (χ3n) is 4.69. The minimum Gasteiger partial charge on any atom is -0.354 e. The predicted molar refractivity (Wildman–Crippen MR) is 106 cm³/mol. The van der Waals surface area contributed by atoms with Crippen LogP contribution in [0.5, 0.6) is 0 Å². The van der Waals surface area contributed by atoms with Crippen LogP contribution in [0.15, 0.2) is 35.9 Å². The number of allylic oxidation sites excluding steroid dienone is 1. The van der Waals surface area contributed by atoms with Crippen molar-refractivity contribution in [2.24, 2.45) is 0 Å². The van der Waals surface area contributed by atoms with Crippen LogP contribution in [-0.4, -0.2) is 42.9 Å². The van der Waals surface area contributed by atoms with Crippen LogP contribution >= 0.6 is 11.6 Å². The van der Waals surface area contributed by atoms with E-state index in [9.17, 15) is 9.59 Å². The van der Waals surface area contributed by atoms with Crippen molar-refractivity contribution in [3.8, 4) is 0 Å². The largest absolute Gasteiger partial charge is 0.354 e. The van der Waals surface area contributed by atoms with E-state index in [0.29, 0.717) is 17.3 Å². The Morgan fingerprint density at radius 1 is 1.23 bits per heavy atom. The number of hydrogen-bond donors (Lipinski definition) is 2. The molecule has 2 rings (SSSR count). The molecule has 0 aromatic heterocycles. The number of carbonyl (C=O) groups is 2. The van der Waals surface area contributed by atoms with Crippen LogP contribution in [0.1, 0.15) is 39.0 Å². The summed E-state index contributed by atoms with van der Waals surface area (Å²) in [5, 5.41) is 6.39. The van der Waals surface area contributed by atoms with Crippen LogP contribution in [-0.2, 0) is 9.59 Å². The van der Waals surface area contributed by atoms with E-state index in [1.807, 2.05) is 6.92 Å². The monoisotopic (exact) mass is 377 g/mol. The lowest BCUT2D eigenvalue weighted by molar-refractivity contribution is -0.126. The molecule has 0 heterocycles. The fourth-order valence-electron chi connectivity index (χ4n) is 2.92. The van der Waals surface area contributed by atoms with Crippen molar-refractivity contribution in [3.63, 3.8) is 0 Å². The first kappa shape index (κ1) is 20.5. The van der Waals surface area contributed by atoms with Gasteiger partial charge in [0.1, 0.15) is 0 Å². The molecule has 0 unspecified atom stereocenters. The Morgan fingerprint density at radius 3 is 2.62 bits per heavy atom. The first-order chi connectivity index (χ1) is 12.5. The minimum atomic E-state index is -0.369. The smallest absolute Gasteiger partial charge is 0.238 e. The van der Waals surface area contributed by atoms with Gasteiger partial charge in [0.25, 0.3) is 0 Å². The number of halogens is 1. The van der Waals surface area contributed by atoms with Gasteiger partial charge in [0, 0.05) is 17.3 Å². The molecule has 0 bridgehead atoms. The van der Waals surface area contributed by atoms with E-state index >= 15 is 0 Å². The topological polar surface area (TPSA) is 61.4 Å². The lowest BCUT2D eigenvalue weighted by Crippen LogP contribution is -2.46. The molecule has 1 aromatic rings. The predicted octanol–water partition coefficient (Wildman–Crippen LogP) is 3.61. The molecule has 0 radical (unpaired) electrons. The van der Waals surface area contributed by atoms with Crippen LogP contribution in [0.25, 0.3) is 0 Å². The summed E-state index contributed by atoms with van der Waals surface area (Å²) in [4.78, 5) is 26.2. The average molecular weight is 378 g/mol. The standard InChI is InChI=1S/C20H28ClN3O2/c1-15(20(26)22-13-12-16-6-4-3-5-7-16)24(2)14-19(25)23-18-10-8-17(21)9-11-18/h6,8-11,15H,3-5,7,12-14H2,1-2H3,(H,22,26)(H,23,25)/t15-/m1/s1. The highest BCUT2D eigenvalue weighted by Crippen LogP contribution is 2.19. The zero-order valence-corrected chi connectivity index (χ0v) is 16.3. The third kappa shape index (κ3) is 6.81. The van der Waals surface area contributed by atoms with Gasteiger partial charge in [-0.2, -0.15) is 0 Å². The summed E-state index contributed by atoms with van der Waals surface area (Å²) in [5.74, 6) is -0.218. The van der Waals surface area contributed by atoms with Crippen LogP contribution in [0.3, 0.4) is 0 Å². The molecular weight excluding hydrogens is 350 g/mol. The van der Waals surface area contributed by atoms with Crippen molar-refractivity contribution >= 4 is 29.1 Å². The number of benzene rings is 1. The average Bonchev–Trinajstić information content (AvgIpc) is 2.63. The van der Waals surface area contributed by atoms with Crippen molar-refractivity contribution in [1.29, 1.82) is 0 Å². The Balaban J connectivity index is 1.71. The van der Waals surface area contributed by atoms with Crippen molar-refractivity contribution in [1.82, 2.24) is 10.2 Å². The Bertz CT molecular complexity index is 643. The summed E-state index contributed by atoms with van der Waals surface area (Å²) in [7, 11) is 1.77. The number of hydrogen-bond acceptors (Lipinski definition) is 3. The molecule has 6 heteroatoms. The zero-order valence-electron chi connectivity index (χ0n) is 15.6. The van der Waals surface area contributed by atoms with Gasteiger partial charge in [-0.3, -0.25) is 14.5 Å². The summed E-state index contributed by atoms with van der Waals surface area (Å²) < 4.78 is 0. The number of nitrogens with zero attached hydrogens (tertiary/aromatic N) is 1. The van der Waals surface area contributed by atoms with E-state index in [2.05, 4.69) is 16.7 Å². The molecule has 0 fully saturated rings. The van der Waals surface area contributed by atoms with Gasteiger partial charge in [0.15, 0.2) is 0 Å². The fraction of sp³-hybridized carbons (Fsp3) is 0.500. The number of rotatable bonds is 8. The van der Waals surface area contributed by atoms with E-state index in [1.54, 1.807) is 36.2 Å². The van der Waals surface area contributed by atoms with E-state index < -0.39 is 0 Å². The van der Waals surface area contributed by atoms with E-state index in [4.69, 9.17) is 11.6 Å². The van der Waals surface area contributed by atoms with Gasteiger partial charge in [0.2, 0.25) is 11.8 Å². The van der Waals surface area contributed by atoms with Gasteiger partial charge < -0.3 is 10.6 Å². The molecule has 26 heavy (non-hydrogen) atoms. The van der Waals surface area contributed by atoms with Gasteiger partial charge in [-0.05, 0) is 70.3 Å². The Kier molecular flexibility index (Phi) is 8.13. The second-order valence-corrected chi connectivity index (χ2v) is 7.23. The Hall–Kier alpha value is -1.85. The van der Waals surface area contributed by atoms with E-state index in [0.717, 1.165) is 19.3 Å². The third-order valence-corrected chi connectivity index (χ3v) is 4.94. The number of anilines is 1. The zero-order chi connectivity index (χ0) is 18.9. The minimum absolute atomic E-state index is 0.0526. The highest BCUT2D eigenvalue weighted by atomic mass is 35.5. The van der Waals surface area contributed by atoms with Gasteiger partial charge in [0.05, 0.1) is 12.6 Å². The Morgan fingerprint density at radius 2 is 1.96 bits per heavy atom. The maximum atomic E-state index is 12.3. The Labute approximate surface area is 160 Å². The molecule has 1 atom stereocenters. The maximum Gasteiger partial charge on any atom is 0.238 e. The van der Waals surface area contributed by atoms with Crippen molar-refractivity contribution in [3.05, 3.63) is 40.9 Å². The lowest BCUT2D eigenvalue weighted by Gasteiger charge is -2.23. The number of carbonyl (C=O) groups excluding carboxylic acids is 2. The van der Waals surface area contributed by atoms with Crippen LogP contribution in [0, 0.1) is 0 Å². The molecule has 0 spiro atoms. The van der Waals surface area contributed by atoms with Crippen LogP contribution in [0.4, 0.5) is 5.69 Å². The summed E-state index contributed by atoms with van der Waals surface area (Å²) in [6.07, 6.45) is 8.05. The molecule has 142 valence electrons. The van der Waals surface area contributed by atoms with Crippen LogP contribution in [0.2, 0.25) is 5.02 Å². The SMILES string of the molecule is C[C@H](C(=O)NCCC1=CCCCC1)N(C)CC(=O)Nc1ccc(Cl)cc1. The lowest BCUT2D eigenvalue weighted by atomic mass is 9.97. The highest BCUT2D eigenvalue weighted by Gasteiger charge is 2.20. The molecule has 1 aromatic carbocycles. The second-order valence-electron chi connectivity index (χ2n) is 6.80. The molecule has 5 nitrogen and oxygen atoms in total. The fourth-order valence-corrected chi connectivity index (χ4v) is 3.05. The molecule has 2 N–H and O–H groups in total. The number of likely N-dealkylation sites (N-methyl/N-ethyl adjacent to an activating group) is 1. The molecule has 0 saturated heterocycles. The first-order valence-corrected chi connectivity index (χ1v) is 9.55. The highest BCUT2D eigenvalue weighted by molar-refractivity contribution is 6.30. The molecule has 1 aliphatic carbocycles. The first-order valence-electron chi connectivity index (χ1n) is 9.17. The molecular formula is C20H28ClN3O2. The summed E-state index contributed by atoms with van der Waals surface area (Å²) >= 11 is 5.83. The van der Waals surface area contributed by atoms with E-state index in [1.165, 1.54) is 18.4 Å². The van der Waals surface area contributed by atoms with Gasteiger partial charge in [-0.1, -0.05) is 23.3 Å². The molecule has 0 aliphatic heterocycles. The van der Waals surface area contributed by atoms with Crippen molar-refractivity contribution in [2.75, 3.05) is 25.5 Å². The van der Waals surface area contributed by atoms with Crippen LogP contribution < -0.4 is 10.6 Å². The van der Waals surface area contributed by atoms with Gasteiger partial charge in [-0.15, -0.1) is 0 Å². The second kappa shape index (κ2) is 10.3. The van der Waals surface area contributed by atoms with E-state index in [-0.39, 0.29) is 24.4 Å². The number of nitrogens with one attached hydrogen (secondary N) is 2. The molecule has 1 aliphatic rings. The summed E-state index contributed by atoms with van der Waals surface area (Å²) in [6, 6.07) is 6.57. The normalized spacial score (nSPS) is 15.3.